The first-order valence-electron chi connectivity index (χ1n) is 8.88. The Morgan fingerprint density at radius 1 is 1.14 bits per heavy atom. The Hall–Kier alpha value is -2.54. The Kier molecular flexibility index (Phi) is 7.14. The van der Waals surface area contributed by atoms with Crippen molar-refractivity contribution >= 4 is 35.1 Å². The molecule has 3 aromatic carbocycles. The van der Waals surface area contributed by atoms with Crippen molar-refractivity contribution in [3.63, 3.8) is 0 Å². The molecule has 0 heterocycles. The molecule has 0 aliphatic carbocycles. The topological polar surface area (TPSA) is 64.3 Å². The second kappa shape index (κ2) is 9.78. The number of nitrogens with two attached hydrogens (primary N) is 1. The summed E-state index contributed by atoms with van der Waals surface area (Å²) in [5.41, 5.74) is 2.78. The summed E-state index contributed by atoms with van der Waals surface area (Å²) in [4.78, 5) is 13.1. The number of hydrogen-bond donors (Lipinski definition) is 2. The lowest BCUT2D eigenvalue weighted by Gasteiger charge is -2.13. The number of hydrogen-bond acceptors (Lipinski definition) is 4. The van der Waals surface area contributed by atoms with E-state index in [-0.39, 0.29) is 24.8 Å². The number of carbonyl (C=O) groups is 1. The van der Waals surface area contributed by atoms with E-state index in [4.69, 9.17) is 21.5 Å². The highest BCUT2D eigenvalue weighted by Crippen LogP contribution is 2.25. The molecule has 0 fully saturated rings. The lowest BCUT2D eigenvalue weighted by molar-refractivity contribution is -0.115. The smallest absolute Gasteiger partial charge is 0.228 e. The van der Waals surface area contributed by atoms with Gasteiger partial charge < -0.3 is 10.1 Å². The van der Waals surface area contributed by atoms with Gasteiger partial charge >= 0.3 is 0 Å². The second-order valence-electron chi connectivity index (χ2n) is 6.46. The molecule has 0 atom stereocenters. The van der Waals surface area contributed by atoms with Gasteiger partial charge in [-0.15, -0.1) is 0 Å². The van der Waals surface area contributed by atoms with Gasteiger partial charge in [0.15, 0.2) is 0 Å². The lowest BCUT2D eigenvalue weighted by Crippen LogP contribution is -2.15. The standard InChI is InChI=1S/C22H20ClFN2O2S/c1-14-10-18(8-9-20(14)24)28-13-16-6-7-17(12-21(16)29-25)26-22(27)11-15-4-2-3-5-19(15)23/h2-10,12H,11,13,25H2,1H3,(H,26,27). The summed E-state index contributed by atoms with van der Waals surface area (Å²) in [5, 5.41) is 9.21. The maximum atomic E-state index is 13.4. The van der Waals surface area contributed by atoms with Gasteiger partial charge in [-0.2, -0.15) is 0 Å². The molecule has 0 aliphatic heterocycles. The quantitative estimate of drug-likeness (QED) is 0.485. The second-order valence-corrected chi connectivity index (χ2v) is 7.54. The van der Waals surface area contributed by atoms with E-state index in [1.165, 1.54) is 6.07 Å². The summed E-state index contributed by atoms with van der Waals surface area (Å²) in [6.45, 7) is 1.96. The Morgan fingerprint density at radius 3 is 2.66 bits per heavy atom. The number of halogens is 2. The SMILES string of the molecule is Cc1cc(OCc2ccc(NC(=O)Cc3ccccc3Cl)cc2SN)ccc1F. The van der Waals surface area contributed by atoms with Crippen LogP contribution < -0.4 is 15.2 Å². The molecule has 0 bridgehead atoms. The van der Waals surface area contributed by atoms with E-state index in [0.29, 0.717) is 22.0 Å². The van der Waals surface area contributed by atoms with Crippen LogP contribution in [-0.2, 0) is 17.8 Å². The van der Waals surface area contributed by atoms with Crippen LogP contribution in [-0.4, -0.2) is 5.91 Å². The fourth-order valence-corrected chi connectivity index (χ4v) is 3.43. The first-order chi connectivity index (χ1) is 14.0. The monoisotopic (exact) mass is 430 g/mol. The molecule has 0 saturated heterocycles. The van der Waals surface area contributed by atoms with E-state index >= 15 is 0 Å². The molecule has 3 rings (SSSR count). The third-order valence-electron chi connectivity index (χ3n) is 4.31. The van der Waals surface area contributed by atoms with Gasteiger partial charge in [0, 0.05) is 21.2 Å². The zero-order valence-electron chi connectivity index (χ0n) is 15.7. The van der Waals surface area contributed by atoms with Crippen LogP contribution in [0.3, 0.4) is 0 Å². The van der Waals surface area contributed by atoms with Crippen LogP contribution in [0, 0.1) is 12.7 Å². The van der Waals surface area contributed by atoms with Crippen molar-refractivity contribution in [2.24, 2.45) is 5.14 Å². The van der Waals surface area contributed by atoms with Gasteiger partial charge in [-0.1, -0.05) is 35.9 Å². The predicted octanol–water partition coefficient (Wildman–Crippen LogP) is 5.51. The van der Waals surface area contributed by atoms with Crippen LogP contribution in [0.2, 0.25) is 5.02 Å². The van der Waals surface area contributed by atoms with Crippen molar-refractivity contribution in [2.45, 2.75) is 24.8 Å². The van der Waals surface area contributed by atoms with E-state index in [9.17, 15) is 9.18 Å². The molecular formula is C22H20ClFN2O2S. The van der Waals surface area contributed by atoms with Crippen molar-refractivity contribution in [1.29, 1.82) is 0 Å². The first kappa shape index (κ1) is 21.2. The minimum atomic E-state index is -0.271. The number of ether oxygens (including phenoxy) is 1. The Labute approximate surface area is 178 Å². The minimum absolute atomic E-state index is 0.170. The zero-order valence-corrected chi connectivity index (χ0v) is 17.3. The number of carbonyl (C=O) groups excluding carboxylic acids is 1. The van der Waals surface area contributed by atoms with Crippen LogP contribution in [0.4, 0.5) is 10.1 Å². The molecule has 3 aromatic rings. The Balaban J connectivity index is 1.65. The molecule has 0 aromatic heterocycles. The van der Waals surface area contributed by atoms with Crippen LogP contribution in [0.1, 0.15) is 16.7 Å². The molecule has 0 aliphatic rings. The van der Waals surface area contributed by atoms with E-state index in [1.807, 2.05) is 24.3 Å². The van der Waals surface area contributed by atoms with Gasteiger partial charge in [-0.25, -0.2) is 4.39 Å². The molecule has 3 N–H and O–H groups in total. The molecule has 150 valence electrons. The minimum Gasteiger partial charge on any atom is -0.489 e. The summed E-state index contributed by atoms with van der Waals surface area (Å²) in [6, 6.07) is 17.3. The van der Waals surface area contributed by atoms with Gasteiger partial charge in [0.2, 0.25) is 5.91 Å². The summed E-state index contributed by atoms with van der Waals surface area (Å²) >= 11 is 7.18. The molecule has 0 spiro atoms. The molecule has 1 amide bonds. The highest BCUT2D eigenvalue weighted by molar-refractivity contribution is 7.97. The average molecular weight is 431 g/mol. The maximum absolute atomic E-state index is 13.4. The summed E-state index contributed by atoms with van der Waals surface area (Å²) in [7, 11) is 0. The van der Waals surface area contributed by atoms with Crippen molar-refractivity contribution in [1.82, 2.24) is 0 Å². The number of aryl methyl sites for hydroxylation is 1. The highest BCUT2D eigenvalue weighted by Gasteiger charge is 2.10. The van der Waals surface area contributed by atoms with Crippen molar-refractivity contribution in [3.8, 4) is 5.75 Å². The summed E-state index contributed by atoms with van der Waals surface area (Å²) in [6.07, 6.45) is 0.180. The molecule has 29 heavy (non-hydrogen) atoms. The zero-order chi connectivity index (χ0) is 20.8. The molecule has 0 saturated carbocycles. The Bertz CT molecular complexity index is 1030. The average Bonchev–Trinajstić information content (AvgIpc) is 2.71. The van der Waals surface area contributed by atoms with Crippen molar-refractivity contribution in [2.75, 3.05) is 5.32 Å². The van der Waals surface area contributed by atoms with Crippen molar-refractivity contribution < 1.29 is 13.9 Å². The number of anilines is 1. The largest absolute Gasteiger partial charge is 0.489 e. The number of benzene rings is 3. The first-order valence-corrected chi connectivity index (χ1v) is 10.1. The fraction of sp³-hybridized carbons (Fsp3) is 0.136. The van der Waals surface area contributed by atoms with Gasteiger partial charge in [0.1, 0.15) is 18.2 Å². The van der Waals surface area contributed by atoms with E-state index in [0.717, 1.165) is 28.0 Å². The third-order valence-corrected chi connectivity index (χ3v) is 5.31. The summed E-state index contributed by atoms with van der Waals surface area (Å²) in [5.74, 6) is 0.137. The molecular weight excluding hydrogens is 411 g/mol. The fourth-order valence-electron chi connectivity index (χ4n) is 2.75. The maximum Gasteiger partial charge on any atom is 0.228 e. The third kappa shape index (κ3) is 5.73. The van der Waals surface area contributed by atoms with E-state index in [1.54, 1.807) is 37.3 Å². The van der Waals surface area contributed by atoms with Crippen LogP contribution >= 0.6 is 23.5 Å². The number of nitrogens with one attached hydrogen (secondary N) is 1. The summed E-state index contributed by atoms with van der Waals surface area (Å²) < 4.78 is 19.1. The molecule has 0 radical (unpaired) electrons. The predicted molar refractivity (Wildman–Crippen MR) is 116 cm³/mol. The van der Waals surface area contributed by atoms with Crippen molar-refractivity contribution in [3.05, 3.63) is 88.2 Å². The van der Waals surface area contributed by atoms with Crippen LogP contribution in [0.25, 0.3) is 0 Å². The highest BCUT2D eigenvalue weighted by atomic mass is 35.5. The molecule has 7 heteroatoms. The van der Waals surface area contributed by atoms with Crippen LogP contribution in [0.5, 0.6) is 5.75 Å². The van der Waals surface area contributed by atoms with E-state index in [2.05, 4.69) is 5.32 Å². The van der Waals surface area contributed by atoms with E-state index < -0.39 is 0 Å². The molecule has 0 unspecified atom stereocenters. The normalized spacial score (nSPS) is 10.6. The number of amides is 1. The lowest BCUT2D eigenvalue weighted by atomic mass is 10.1. The number of rotatable bonds is 7. The van der Waals surface area contributed by atoms with Gasteiger partial charge in [-0.3, -0.25) is 9.93 Å². The molecule has 4 nitrogen and oxygen atoms in total. The van der Waals surface area contributed by atoms with Crippen LogP contribution in [0.15, 0.2) is 65.6 Å². The van der Waals surface area contributed by atoms with Gasteiger partial charge in [-0.05, 0) is 66.4 Å². The van der Waals surface area contributed by atoms with Gasteiger partial charge in [0.05, 0.1) is 6.42 Å². The Morgan fingerprint density at radius 2 is 1.93 bits per heavy atom. The van der Waals surface area contributed by atoms with Gasteiger partial charge in [0.25, 0.3) is 0 Å².